The van der Waals surface area contributed by atoms with E-state index in [2.05, 4.69) is 59.9 Å². The summed E-state index contributed by atoms with van der Waals surface area (Å²) in [7, 11) is 0. The predicted molar refractivity (Wildman–Crippen MR) is 102 cm³/mol. The largest absolute Gasteiger partial charge is 0.345 e. The van der Waals surface area contributed by atoms with Crippen molar-refractivity contribution < 1.29 is 0 Å². The molecule has 1 atom stereocenters. The minimum Gasteiger partial charge on any atom is -0.345 e. The van der Waals surface area contributed by atoms with Gasteiger partial charge in [-0.1, -0.05) is 39.0 Å². The molecule has 2 aromatic heterocycles. The van der Waals surface area contributed by atoms with Gasteiger partial charge < -0.3 is 4.98 Å². The van der Waals surface area contributed by atoms with Crippen LogP contribution in [0.4, 0.5) is 0 Å². The molecule has 4 nitrogen and oxygen atoms in total. The van der Waals surface area contributed by atoms with E-state index in [0.717, 1.165) is 29.0 Å². The van der Waals surface area contributed by atoms with Crippen LogP contribution < -0.4 is 0 Å². The molecule has 1 N–H and O–H groups in total. The number of rotatable bonds is 3. The molecular formula is C21H26N4. The molecule has 0 spiro atoms. The average Bonchev–Trinajstić information content (AvgIpc) is 3.22. The first-order chi connectivity index (χ1) is 12.0. The predicted octanol–water partition coefficient (Wildman–Crippen LogP) is 4.64. The van der Waals surface area contributed by atoms with E-state index >= 15 is 0 Å². The second kappa shape index (κ2) is 6.26. The van der Waals surface area contributed by atoms with E-state index < -0.39 is 0 Å². The number of nitrogens with zero attached hydrogens (tertiary/aromatic N) is 3. The summed E-state index contributed by atoms with van der Waals surface area (Å²) in [4.78, 5) is 14.9. The number of hydrogen-bond acceptors (Lipinski definition) is 3. The maximum Gasteiger partial charge on any atom is 0.156 e. The highest BCUT2D eigenvalue weighted by Gasteiger charge is 2.33. The smallest absolute Gasteiger partial charge is 0.156 e. The zero-order chi connectivity index (χ0) is 17.4. The number of fused-ring (bicyclic) bond motifs is 1. The summed E-state index contributed by atoms with van der Waals surface area (Å²) in [5.74, 6) is 0. The van der Waals surface area contributed by atoms with E-state index in [1.54, 1.807) is 0 Å². The minimum atomic E-state index is 0.332. The molecule has 1 aromatic carbocycles. The lowest BCUT2D eigenvalue weighted by atomic mass is 9.85. The molecule has 130 valence electrons. The van der Waals surface area contributed by atoms with Gasteiger partial charge >= 0.3 is 0 Å². The molecule has 0 radical (unpaired) electrons. The van der Waals surface area contributed by atoms with Gasteiger partial charge in [0.2, 0.25) is 0 Å². The number of hydrogen-bond donors (Lipinski definition) is 1. The summed E-state index contributed by atoms with van der Waals surface area (Å²) >= 11 is 0. The number of likely N-dealkylation sites (tertiary alicyclic amines) is 1. The first-order valence-electron chi connectivity index (χ1n) is 9.14. The van der Waals surface area contributed by atoms with Crippen molar-refractivity contribution in [3.63, 3.8) is 0 Å². The molecule has 1 fully saturated rings. The van der Waals surface area contributed by atoms with Gasteiger partial charge in [-0.2, -0.15) is 0 Å². The Balaban J connectivity index is 1.59. The summed E-state index contributed by atoms with van der Waals surface area (Å²) in [6.45, 7) is 9.27. The summed E-state index contributed by atoms with van der Waals surface area (Å²) < 4.78 is 0. The first-order valence-corrected chi connectivity index (χ1v) is 9.14. The Morgan fingerprint density at radius 2 is 2.12 bits per heavy atom. The topological polar surface area (TPSA) is 44.8 Å². The van der Waals surface area contributed by atoms with Gasteiger partial charge in [0, 0.05) is 24.3 Å². The Morgan fingerprint density at radius 1 is 1.24 bits per heavy atom. The van der Waals surface area contributed by atoms with Crippen molar-refractivity contribution in [2.24, 2.45) is 5.41 Å². The molecule has 4 heteroatoms. The maximum atomic E-state index is 4.73. The fourth-order valence-corrected chi connectivity index (χ4v) is 4.03. The molecule has 1 aliphatic heterocycles. The fraction of sp³-hybridized carbons (Fsp3) is 0.429. The van der Waals surface area contributed by atoms with Crippen molar-refractivity contribution in [3.8, 4) is 11.3 Å². The molecular weight excluding hydrogens is 308 g/mol. The molecule has 0 bridgehead atoms. The van der Waals surface area contributed by atoms with E-state index in [0.29, 0.717) is 11.5 Å². The SMILES string of the molecule is CC(C)(C)C1CCCN1Cc1cccc(-c2cnc3[nH]ccc3n2)c1. The van der Waals surface area contributed by atoms with Crippen LogP contribution in [0.1, 0.15) is 39.2 Å². The van der Waals surface area contributed by atoms with Crippen molar-refractivity contribution in [2.75, 3.05) is 6.54 Å². The summed E-state index contributed by atoms with van der Waals surface area (Å²) in [6.07, 6.45) is 6.34. The molecule has 25 heavy (non-hydrogen) atoms. The fourth-order valence-electron chi connectivity index (χ4n) is 4.03. The quantitative estimate of drug-likeness (QED) is 0.759. The molecule has 0 saturated carbocycles. The Kier molecular flexibility index (Phi) is 4.08. The first kappa shape index (κ1) is 16.3. The Labute approximate surface area is 149 Å². The van der Waals surface area contributed by atoms with Gasteiger partial charge in [-0.25, -0.2) is 9.97 Å². The van der Waals surface area contributed by atoms with E-state index in [1.165, 1.54) is 24.9 Å². The number of H-pyrrole nitrogens is 1. The van der Waals surface area contributed by atoms with Gasteiger partial charge in [0.15, 0.2) is 5.65 Å². The molecule has 4 rings (SSSR count). The van der Waals surface area contributed by atoms with Gasteiger partial charge in [0.1, 0.15) is 5.52 Å². The molecule has 3 aromatic rings. The number of aromatic nitrogens is 3. The van der Waals surface area contributed by atoms with Gasteiger partial charge in [-0.05, 0) is 42.5 Å². The van der Waals surface area contributed by atoms with Crippen LogP contribution in [0.3, 0.4) is 0 Å². The normalized spacial score (nSPS) is 18.9. The Bertz CT molecular complexity index is 875. The van der Waals surface area contributed by atoms with Crippen LogP contribution in [0.2, 0.25) is 0 Å². The summed E-state index contributed by atoms with van der Waals surface area (Å²) in [6, 6.07) is 11.4. The second-order valence-electron chi connectivity index (χ2n) is 8.16. The third kappa shape index (κ3) is 3.31. The van der Waals surface area contributed by atoms with Crippen molar-refractivity contribution in [1.82, 2.24) is 19.9 Å². The van der Waals surface area contributed by atoms with Crippen LogP contribution in [0.15, 0.2) is 42.7 Å². The maximum absolute atomic E-state index is 4.73. The highest BCUT2D eigenvalue weighted by atomic mass is 15.2. The highest BCUT2D eigenvalue weighted by Crippen LogP contribution is 2.34. The third-order valence-corrected chi connectivity index (χ3v) is 5.23. The van der Waals surface area contributed by atoms with Crippen molar-refractivity contribution in [3.05, 3.63) is 48.3 Å². The van der Waals surface area contributed by atoms with Crippen LogP contribution in [0.5, 0.6) is 0 Å². The van der Waals surface area contributed by atoms with E-state index in [-0.39, 0.29) is 0 Å². The monoisotopic (exact) mass is 334 g/mol. The average molecular weight is 334 g/mol. The van der Waals surface area contributed by atoms with Crippen molar-refractivity contribution >= 4 is 11.2 Å². The Morgan fingerprint density at radius 3 is 2.96 bits per heavy atom. The molecule has 0 aliphatic carbocycles. The minimum absolute atomic E-state index is 0.332. The Hall–Kier alpha value is -2.20. The standard InChI is InChI=1S/C21H26N4/c1-21(2,3)19-8-5-11-25(19)14-15-6-4-7-16(12-15)18-13-23-20-17(24-18)9-10-22-20/h4,6-7,9-10,12-13,19H,5,8,11,14H2,1-3H3,(H,22,23). The zero-order valence-corrected chi connectivity index (χ0v) is 15.3. The molecule has 3 heterocycles. The molecule has 1 saturated heterocycles. The van der Waals surface area contributed by atoms with Crippen LogP contribution >= 0.6 is 0 Å². The van der Waals surface area contributed by atoms with E-state index in [4.69, 9.17) is 4.98 Å². The molecule has 0 amide bonds. The van der Waals surface area contributed by atoms with Gasteiger partial charge in [0.05, 0.1) is 11.9 Å². The lowest BCUT2D eigenvalue weighted by Crippen LogP contribution is -2.38. The van der Waals surface area contributed by atoms with Gasteiger partial charge in [-0.3, -0.25) is 4.90 Å². The molecule has 1 unspecified atom stereocenters. The van der Waals surface area contributed by atoms with Crippen molar-refractivity contribution in [2.45, 2.75) is 46.2 Å². The lowest BCUT2D eigenvalue weighted by molar-refractivity contribution is 0.134. The van der Waals surface area contributed by atoms with Crippen LogP contribution in [0.25, 0.3) is 22.4 Å². The third-order valence-electron chi connectivity index (χ3n) is 5.23. The summed E-state index contributed by atoms with van der Waals surface area (Å²) in [5.41, 5.74) is 5.51. The number of benzene rings is 1. The van der Waals surface area contributed by atoms with Crippen LogP contribution in [0, 0.1) is 5.41 Å². The second-order valence-corrected chi connectivity index (χ2v) is 8.16. The molecule has 1 aliphatic rings. The van der Waals surface area contributed by atoms with Crippen molar-refractivity contribution in [1.29, 1.82) is 0 Å². The van der Waals surface area contributed by atoms with Crippen LogP contribution in [-0.4, -0.2) is 32.4 Å². The number of aromatic amines is 1. The lowest BCUT2D eigenvalue weighted by Gasteiger charge is -2.35. The highest BCUT2D eigenvalue weighted by molar-refractivity contribution is 5.74. The zero-order valence-electron chi connectivity index (χ0n) is 15.3. The van der Waals surface area contributed by atoms with Crippen LogP contribution in [-0.2, 0) is 6.54 Å². The number of nitrogens with one attached hydrogen (secondary N) is 1. The van der Waals surface area contributed by atoms with E-state index in [9.17, 15) is 0 Å². The van der Waals surface area contributed by atoms with Gasteiger partial charge in [-0.15, -0.1) is 0 Å². The summed E-state index contributed by atoms with van der Waals surface area (Å²) in [5, 5.41) is 0. The van der Waals surface area contributed by atoms with E-state index in [1.807, 2.05) is 18.5 Å². The van der Waals surface area contributed by atoms with Gasteiger partial charge in [0.25, 0.3) is 0 Å².